The second kappa shape index (κ2) is 6.40. The van der Waals surface area contributed by atoms with Crippen LogP contribution >= 0.6 is 46.4 Å². The molecule has 0 bridgehead atoms. The van der Waals surface area contributed by atoms with E-state index in [1.165, 1.54) is 0 Å². The van der Waals surface area contributed by atoms with Crippen LogP contribution in [0.1, 0.15) is 24.1 Å². The summed E-state index contributed by atoms with van der Waals surface area (Å²) in [5.41, 5.74) is 2.64. The number of rotatable bonds is 3. The van der Waals surface area contributed by atoms with Gasteiger partial charge in [-0.25, -0.2) is 4.98 Å². The summed E-state index contributed by atoms with van der Waals surface area (Å²) >= 11 is 24.3. The number of halogens is 4. The minimum atomic E-state index is -0.0855. The number of hydrogen-bond donors (Lipinski definition) is 1. The minimum Gasteiger partial charge on any atom is -0.376 e. The molecule has 2 nitrogen and oxygen atoms in total. The van der Waals surface area contributed by atoms with Crippen LogP contribution in [-0.2, 0) is 0 Å². The van der Waals surface area contributed by atoms with Crippen molar-refractivity contribution in [3.05, 3.63) is 55.7 Å². The van der Waals surface area contributed by atoms with Crippen LogP contribution in [0.2, 0.25) is 20.2 Å². The van der Waals surface area contributed by atoms with E-state index in [9.17, 15) is 0 Å². The predicted octanol–water partition coefficient (Wildman–Crippen LogP) is 6.18. The van der Waals surface area contributed by atoms with E-state index in [0.29, 0.717) is 20.2 Å². The maximum Gasteiger partial charge on any atom is 0.152 e. The van der Waals surface area contributed by atoms with Gasteiger partial charge in [0.05, 0.1) is 26.8 Å². The van der Waals surface area contributed by atoms with Gasteiger partial charge in [-0.05, 0) is 37.1 Å². The number of nitrogens with one attached hydrogen (secondary N) is 1. The second-order valence-electron chi connectivity index (χ2n) is 4.42. The van der Waals surface area contributed by atoms with Crippen molar-refractivity contribution in [1.82, 2.24) is 4.98 Å². The highest BCUT2D eigenvalue weighted by Gasteiger charge is 2.16. The minimum absolute atomic E-state index is 0.0855. The van der Waals surface area contributed by atoms with Gasteiger partial charge in [-0.15, -0.1) is 0 Å². The Morgan fingerprint density at radius 3 is 2.40 bits per heavy atom. The largest absolute Gasteiger partial charge is 0.376 e. The Labute approximate surface area is 138 Å². The van der Waals surface area contributed by atoms with Gasteiger partial charge in [0.25, 0.3) is 0 Å². The van der Waals surface area contributed by atoms with Gasteiger partial charge in [-0.3, -0.25) is 0 Å². The first kappa shape index (κ1) is 15.7. The summed E-state index contributed by atoms with van der Waals surface area (Å²) in [6.45, 7) is 3.92. The summed E-state index contributed by atoms with van der Waals surface area (Å²) in [5.74, 6) is 0. The molecule has 1 aromatic carbocycles. The van der Waals surface area contributed by atoms with Crippen molar-refractivity contribution in [2.24, 2.45) is 0 Å². The first-order chi connectivity index (χ1) is 9.41. The van der Waals surface area contributed by atoms with Crippen LogP contribution < -0.4 is 5.32 Å². The molecule has 0 radical (unpaired) electrons. The molecule has 0 aliphatic rings. The van der Waals surface area contributed by atoms with E-state index in [2.05, 4.69) is 10.3 Å². The Kier molecular flexibility index (Phi) is 5.03. The zero-order valence-electron chi connectivity index (χ0n) is 10.8. The monoisotopic (exact) mass is 348 g/mol. The van der Waals surface area contributed by atoms with Crippen molar-refractivity contribution in [1.29, 1.82) is 0 Å². The average Bonchev–Trinajstić information content (AvgIpc) is 2.40. The van der Waals surface area contributed by atoms with Crippen molar-refractivity contribution in [3.63, 3.8) is 0 Å². The molecule has 1 aromatic heterocycles. The first-order valence-corrected chi connectivity index (χ1v) is 7.44. The van der Waals surface area contributed by atoms with Crippen molar-refractivity contribution >= 4 is 52.1 Å². The third-order valence-corrected chi connectivity index (χ3v) is 4.60. The summed E-state index contributed by atoms with van der Waals surface area (Å²) in [7, 11) is 0. The van der Waals surface area contributed by atoms with Gasteiger partial charge in [0, 0.05) is 6.20 Å². The molecule has 0 amide bonds. The highest BCUT2D eigenvalue weighted by atomic mass is 35.5. The van der Waals surface area contributed by atoms with E-state index >= 15 is 0 Å². The van der Waals surface area contributed by atoms with E-state index in [1.54, 1.807) is 12.3 Å². The fraction of sp³-hybridized carbons (Fsp3) is 0.214. The van der Waals surface area contributed by atoms with Crippen LogP contribution in [0.5, 0.6) is 0 Å². The Hall–Kier alpha value is -0.670. The molecule has 0 saturated heterocycles. The molecule has 1 unspecified atom stereocenters. The molecule has 0 aliphatic heterocycles. The van der Waals surface area contributed by atoms with Crippen molar-refractivity contribution < 1.29 is 0 Å². The summed E-state index contributed by atoms with van der Waals surface area (Å²) in [5, 5.41) is 4.96. The Balaban J connectivity index is 2.34. The van der Waals surface area contributed by atoms with Crippen molar-refractivity contribution in [3.8, 4) is 0 Å². The fourth-order valence-corrected chi connectivity index (χ4v) is 2.83. The standard InChI is InChI=1S/C14H12Cl4N2/c1-7-5-6-19-14(18)13(7)20-8(2)9-3-4-10(15)12(17)11(9)16/h3-6,8,20H,1-2H3. The first-order valence-electron chi connectivity index (χ1n) is 5.93. The van der Waals surface area contributed by atoms with Gasteiger partial charge in [0.15, 0.2) is 5.15 Å². The zero-order valence-corrected chi connectivity index (χ0v) is 13.9. The van der Waals surface area contributed by atoms with E-state index in [1.807, 2.05) is 26.0 Å². The normalized spacial score (nSPS) is 12.3. The maximum atomic E-state index is 6.23. The number of benzene rings is 1. The highest BCUT2D eigenvalue weighted by Crippen LogP contribution is 2.37. The Bertz CT molecular complexity index is 623. The molecule has 0 spiro atoms. The summed E-state index contributed by atoms with van der Waals surface area (Å²) in [6.07, 6.45) is 1.67. The number of pyridine rings is 1. The van der Waals surface area contributed by atoms with Crippen LogP contribution in [0.4, 0.5) is 5.69 Å². The number of anilines is 1. The van der Waals surface area contributed by atoms with Gasteiger partial charge in [-0.2, -0.15) is 0 Å². The highest BCUT2D eigenvalue weighted by molar-refractivity contribution is 6.48. The van der Waals surface area contributed by atoms with E-state index < -0.39 is 0 Å². The zero-order chi connectivity index (χ0) is 14.9. The maximum absolute atomic E-state index is 6.23. The lowest BCUT2D eigenvalue weighted by atomic mass is 10.1. The molecule has 20 heavy (non-hydrogen) atoms. The van der Waals surface area contributed by atoms with Crippen molar-refractivity contribution in [2.75, 3.05) is 5.32 Å². The molecule has 1 atom stereocenters. The quantitative estimate of drug-likeness (QED) is 0.528. The molecule has 0 aliphatic carbocycles. The van der Waals surface area contributed by atoms with Gasteiger partial charge in [0.2, 0.25) is 0 Å². The predicted molar refractivity (Wildman–Crippen MR) is 87.5 cm³/mol. The van der Waals surface area contributed by atoms with E-state index in [-0.39, 0.29) is 6.04 Å². The molecular weight excluding hydrogens is 338 g/mol. The van der Waals surface area contributed by atoms with Gasteiger partial charge < -0.3 is 5.32 Å². The SMILES string of the molecule is Cc1ccnc(Cl)c1NC(C)c1ccc(Cl)c(Cl)c1Cl. The summed E-state index contributed by atoms with van der Waals surface area (Å²) < 4.78 is 0. The number of nitrogens with zero attached hydrogens (tertiary/aromatic N) is 1. The van der Waals surface area contributed by atoms with Crippen molar-refractivity contribution in [2.45, 2.75) is 19.9 Å². The third kappa shape index (κ3) is 3.15. The lowest BCUT2D eigenvalue weighted by Crippen LogP contribution is -2.09. The molecule has 2 aromatic rings. The smallest absolute Gasteiger partial charge is 0.152 e. The third-order valence-electron chi connectivity index (χ3n) is 3.01. The van der Waals surface area contributed by atoms with E-state index in [4.69, 9.17) is 46.4 Å². The lowest BCUT2D eigenvalue weighted by molar-refractivity contribution is 0.881. The number of aryl methyl sites for hydroxylation is 1. The summed E-state index contributed by atoms with van der Waals surface area (Å²) in [4.78, 5) is 4.06. The lowest BCUT2D eigenvalue weighted by Gasteiger charge is -2.19. The Morgan fingerprint density at radius 2 is 1.75 bits per heavy atom. The fourth-order valence-electron chi connectivity index (χ4n) is 1.87. The Morgan fingerprint density at radius 1 is 1.05 bits per heavy atom. The van der Waals surface area contributed by atoms with Crippen LogP contribution in [-0.4, -0.2) is 4.98 Å². The van der Waals surface area contributed by atoms with Gasteiger partial charge >= 0.3 is 0 Å². The molecule has 1 heterocycles. The second-order valence-corrected chi connectivity index (χ2v) is 5.95. The molecule has 1 N–H and O–H groups in total. The van der Waals surface area contributed by atoms with Crippen LogP contribution in [0, 0.1) is 6.92 Å². The molecule has 106 valence electrons. The molecule has 2 rings (SSSR count). The number of hydrogen-bond acceptors (Lipinski definition) is 2. The van der Waals surface area contributed by atoms with Crippen LogP contribution in [0.15, 0.2) is 24.4 Å². The molecule has 0 fully saturated rings. The molecule has 6 heteroatoms. The van der Waals surface area contributed by atoms with Crippen LogP contribution in [0.25, 0.3) is 0 Å². The van der Waals surface area contributed by atoms with E-state index in [0.717, 1.165) is 16.8 Å². The van der Waals surface area contributed by atoms with Gasteiger partial charge in [0.1, 0.15) is 0 Å². The average molecular weight is 350 g/mol. The topological polar surface area (TPSA) is 24.9 Å². The molecule has 0 saturated carbocycles. The van der Waals surface area contributed by atoms with Gasteiger partial charge in [-0.1, -0.05) is 52.5 Å². The number of aromatic nitrogens is 1. The van der Waals surface area contributed by atoms with Crippen LogP contribution in [0.3, 0.4) is 0 Å². The molecular formula is C14H12Cl4N2. The summed E-state index contributed by atoms with van der Waals surface area (Å²) in [6, 6.07) is 5.37.